The standard InChI is InChI=1S/C22H35N5O4/c1-15(2)17-13-20(29)27(21(17)30)12-6-9-19(28)25-10-4-3-8-18(24)22(31)26-11-5-7-16(26)14-23/h15-18H,3-13,24H2,1-2H3,(H,25,28)/t16-,17?,18-/m0/s1. The predicted molar refractivity (Wildman–Crippen MR) is 114 cm³/mol. The Morgan fingerprint density at radius 3 is 2.65 bits per heavy atom. The molecule has 2 aliphatic heterocycles. The Labute approximate surface area is 184 Å². The molecule has 0 aromatic heterocycles. The number of carbonyl (C=O) groups excluding carboxylic acids is 4. The Kier molecular flexibility index (Phi) is 9.44. The highest BCUT2D eigenvalue weighted by Gasteiger charge is 2.39. The molecule has 0 aromatic carbocycles. The zero-order valence-electron chi connectivity index (χ0n) is 18.6. The summed E-state index contributed by atoms with van der Waals surface area (Å²) in [7, 11) is 0. The summed E-state index contributed by atoms with van der Waals surface area (Å²) < 4.78 is 0. The molecule has 172 valence electrons. The molecule has 9 heteroatoms. The summed E-state index contributed by atoms with van der Waals surface area (Å²) >= 11 is 0. The molecule has 2 fully saturated rings. The van der Waals surface area contributed by atoms with E-state index in [1.165, 1.54) is 4.90 Å². The Bertz CT molecular complexity index is 717. The number of hydrogen-bond acceptors (Lipinski definition) is 6. The van der Waals surface area contributed by atoms with Crippen LogP contribution in [0, 0.1) is 23.2 Å². The number of nitrogens with one attached hydrogen (secondary N) is 1. The van der Waals surface area contributed by atoms with Crippen LogP contribution >= 0.6 is 0 Å². The lowest BCUT2D eigenvalue weighted by Gasteiger charge is -2.23. The minimum absolute atomic E-state index is 0.117. The maximum Gasteiger partial charge on any atom is 0.240 e. The van der Waals surface area contributed by atoms with Crippen molar-refractivity contribution in [1.82, 2.24) is 15.1 Å². The fourth-order valence-corrected chi connectivity index (χ4v) is 4.17. The third-order valence-electron chi connectivity index (χ3n) is 6.14. The van der Waals surface area contributed by atoms with E-state index in [0.717, 1.165) is 6.42 Å². The molecule has 4 amide bonds. The van der Waals surface area contributed by atoms with E-state index in [4.69, 9.17) is 11.0 Å². The topological polar surface area (TPSA) is 137 Å². The lowest BCUT2D eigenvalue weighted by Crippen LogP contribution is -2.45. The SMILES string of the molecule is CC(C)C1CC(=O)N(CCCC(=O)NCCCC[C@H](N)C(=O)N2CCC[C@H]2C#N)C1=O. The van der Waals surface area contributed by atoms with E-state index in [-0.39, 0.29) is 60.9 Å². The molecule has 0 radical (unpaired) electrons. The molecule has 2 saturated heterocycles. The molecule has 0 bridgehead atoms. The van der Waals surface area contributed by atoms with Crippen molar-refractivity contribution >= 4 is 23.6 Å². The number of rotatable bonds is 11. The lowest BCUT2D eigenvalue weighted by atomic mass is 9.94. The number of imide groups is 1. The fraction of sp³-hybridized carbons (Fsp3) is 0.773. The van der Waals surface area contributed by atoms with Crippen molar-refractivity contribution in [1.29, 1.82) is 5.26 Å². The van der Waals surface area contributed by atoms with E-state index in [1.54, 1.807) is 4.90 Å². The van der Waals surface area contributed by atoms with Gasteiger partial charge in [0.05, 0.1) is 12.1 Å². The number of nitrogens with two attached hydrogens (primary N) is 1. The minimum Gasteiger partial charge on any atom is -0.356 e. The predicted octanol–water partition coefficient (Wildman–Crippen LogP) is 0.926. The Morgan fingerprint density at radius 2 is 2.00 bits per heavy atom. The highest BCUT2D eigenvalue weighted by molar-refractivity contribution is 6.03. The molecule has 0 aromatic rings. The van der Waals surface area contributed by atoms with Crippen LogP contribution in [-0.2, 0) is 19.2 Å². The number of carbonyl (C=O) groups is 4. The molecular formula is C22H35N5O4. The van der Waals surface area contributed by atoms with Crippen molar-refractivity contribution in [2.75, 3.05) is 19.6 Å². The van der Waals surface area contributed by atoms with E-state index in [9.17, 15) is 19.2 Å². The van der Waals surface area contributed by atoms with Crippen molar-refractivity contribution in [2.45, 2.75) is 77.3 Å². The second kappa shape index (κ2) is 11.8. The van der Waals surface area contributed by atoms with Crippen molar-refractivity contribution in [3.63, 3.8) is 0 Å². The summed E-state index contributed by atoms with van der Waals surface area (Å²) in [6, 6.07) is 1.17. The molecule has 2 rings (SSSR count). The number of likely N-dealkylation sites (tertiary alicyclic amines) is 2. The van der Waals surface area contributed by atoms with E-state index in [1.807, 2.05) is 13.8 Å². The number of nitrogens with zero attached hydrogens (tertiary/aromatic N) is 3. The van der Waals surface area contributed by atoms with Gasteiger partial charge < -0.3 is 16.0 Å². The Morgan fingerprint density at radius 1 is 1.26 bits per heavy atom. The molecule has 2 aliphatic rings. The highest BCUT2D eigenvalue weighted by Crippen LogP contribution is 2.26. The molecular weight excluding hydrogens is 398 g/mol. The minimum atomic E-state index is -0.616. The van der Waals surface area contributed by atoms with Crippen LogP contribution in [0.5, 0.6) is 0 Å². The van der Waals surface area contributed by atoms with E-state index in [0.29, 0.717) is 45.2 Å². The van der Waals surface area contributed by atoms with Crippen LogP contribution in [-0.4, -0.2) is 65.1 Å². The lowest BCUT2D eigenvalue weighted by molar-refractivity contribution is -0.140. The number of hydrogen-bond donors (Lipinski definition) is 2. The summed E-state index contributed by atoms with van der Waals surface area (Å²) in [5, 5.41) is 11.9. The van der Waals surface area contributed by atoms with Crippen LogP contribution in [0.2, 0.25) is 0 Å². The maximum absolute atomic E-state index is 12.3. The molecule has 2 heterocycles. The van der Waals surface area contributed by atoms with Crippen LogP contribution in [0.4, 0.5) is 0 Å². The fourth-order valence-electron chi connectivity index (χ4n) is 4.17. The first kappa shape index (κ1) is 24.8. The molecule has 0 saturated carbocycles. The van der Waals surface area contributed by atoms with Gasteiger partial charge in [0, 0.05) is 38.4 Å². The van der Waals surface area contributed by atoms with Gasteiger partial charge in [-0.1, -0.05) is 13.8 Å². The van der Waals surface area contributed by atoms with Gasteiger partial charge in [-0.15, -0.1) is 0 Å². The third kappa shape index (κ3) is 6.76. The van der Waals surface area contributed by atoms with E-state index in [2.05, 4.69) is 11.4 Å². The Hall–Kier alpha value is -2.47. The zero-order valence-corrected chi connectivity index (χ0v) is 18.6. The second-order valence-corrected chi connectivity index (χ2v) is 8.81. The van der Waals surface area contributed by atoms with Crippen molar-refractivity contribution < 1.29 is 19.2 Å². The monoisotopic (exact) mass is 433 g/mol. The first-order valence-corrected chi connectivity index (χ1v) is 11.3. The van der Waals surface area contributed by atoms with Crippen molar-refractivity contribution in [3.05, 3.63) is 0 Å². The van der Waals surface area contributed by atoms with Gasteiger partial charge in [-0.3, -0.25) is 24.1 Å². The number of amides is 4. The van der Waals surface area contributed by atoms with Gasteiger partial charge in [-0.2, -0.15) is 5.26 Å². The van der Waals surface area contributed by atoms with Gasteiger partial charge in [0.2, 0.25) is 23.6 Å². The molecule has 1 unspecified atom stereocenters. The highest BCUT2D eigenvalue weighted by atomic mass is 16.2. The summed E-state index contributed by atoms with van der Waals surface area (Å²) in [5.41, 5.74) is 5.98. The average Bonchev–Trinajstić information content (AvgIpc) is 3.32. The van der Waals surface area contributed by atoms with Gasteiger partial charge in [0.15, 0.2) is 0 Å². The first-order chi connectivity index (χ1) is 14.8. The normalized spacial score (nSPS) is 22.2. The summed E-state index contributed by atoms with van der Waals surface area (Å²) in [6.45, 7) is 5.23. The van der Waals surface area contributed by atoms with Gasteiger partial charge in [0.1, 0.15) is 6.04 Å². The third-order valence-corrected chi connectivity index (χ3v) is 6.14. The van der Waals surface area contributed by atoms with Crippen molar-refractivity contribution in [2.24, 2.45) is 17.6 Å². The first-order valence-electron chi connectivity index (χ1n) is 11.3. The summed E-state index contributed by atoms with van der Waals surface area (Å²) in [4.78, 5) is 51.4. The van der Waals surface area contributed by atoms with Crippen LogP contribution in [0.15, 0.2) is 0 Å². The van der Waals surface area contributed by atoms with E-state index < -0.39 is 6.04 Å². The Balaban J connectivity index is 1.56. The van der Waals surface area contributed by atoms with Gasteiger partial charge in [-0.25, -0.2) is 0 Å². The van der Waals surface area contributed by atoms with Gasteiger partial charge in [-0.05, 0) is 44.4 Å². The van der Waals surface area contributed by atoms with Gasteiger partial charge in [0.25, 0.3) is 0 Å². The molecule has 0 spiro atoms. The molecule has 3 N–H and O–H groups in total. The van der Waals surface area contributed by atoms with Crippen LogP contribution in [0.3, 0.4) is 0 Å². The van der Waals surface area contributed by atoms with Gasteiger partial charge >= 0.3 is 0 Å². The summed E-state index contributed by atoms with van der Waals surface area (Å²) in [5.74, 6) is -0.661. The van der Waals surface area contributed by atoms with Crippen LogP contribution in [0.1, 0.15) is 65.2 Å². The molecule has 0 aliphatic carbocycles. The molecule has 3 atom stereocenters. The quantitative estimate of drug-likeness (QED) is 0.367. The smallest absolute Gasteiger partial charge is 0.240 e. The van der Waals surface area contributed by atoms with Crippen LogP contribution < -0.4 is 11.1 Å². The summed E-state index contributed by atoms with van der Waals surface area (Å²) in [6.07, 6.45) is 4.43. The average molecular weight is 434 g/mol. The largest absolute Gasteiger partial charge is 0.356 e. The number of nitriles is 1. The van der Waals surface area contributed by atoms with Crippen molar-refractivity contribution in [3.8, 4) is 6.07 Å². The second-order valence-electron chi connectivity index (χ2n) is 8.81. The van der Waals surface area contributed by atoms with E-state index >= 15 is 0 Å². The molecule has 31 heavy (non-hydrogen) atoms. The zero-order chi connectivity index (χ0) is 23.0. The number of unbranched alkanes of at least 4 members (excludes halogenated alkanes) is 1. The maximum atomic E-state index is 12.3. The van der Waals surface area contributed by atoms with Crippen LogP contribution in [0.25, 0.3) is 0 Å². The molecule has 9 nitrogen and oxygen atoms in total.